The molecule has 0 radical (unpaired) electrons. The molecule has 0 saturated carbocycles. The second kappa shape index (κ2) is 3.79. The molecule has 66 valence electrons. The average Bonchev–Trinajstić information content (AvgIpc) is 1.86. The van der Waals surface area contributed by atoms with E-state index in [-0.39, 0.29) is 12.3 Å². The summed E-state index contributed by atoms with van der Waals surface area (Å²) in [6.07, 6.45) is 0.363. The summed E-state index contributed by atoms with van der Waals surface area (Å²) in [6, 6.07) is 0. The second-order valence-corrected chi connectivity index (χ2v) is 2.98. The van der Waals surface area contributed by atoms with Gasteiger partial charge in [-0.05, 0) is 5.92 Å². The van der Waals surface area contributed by atoms with Gasteiger partial charge in [0.05, 0.1) is 0 Å². The zero-order chi connectivity index (χ0) is 9.07. The number of Topliss-reactive ketones (excluding diaryl/α,β-unsaturated/α-hetero) is 1. The summed E-state index contributed by atoms with van der Waals surface area (Å²) in [4.78, 5) is 10.4. The number of halogens is 2. The normalized spacial score (nSPS) is 14.6. The summed E-state index contributed by atoms with van der Waals surface area (Å²) in [5.41, 5.74) is 0. The number of rotatable bonds is 4. The molecule has 0 aliphatic carbocycles. The van der Waals surface area contributed by atoms with Crippen LogP contribution in [0.25, 0.3) is 0 Å². The first-order valence-corrected chi connectivity index (χ1v) is 3.79. The lowest BCUT2D eigenvalue weighted by molar-refractivity contribution is -0.142. The third kappa shape index (κ3) is 3.44. The molecule has 0 aromatic carbocycles. The van der Waals surface area contributed by atoms with Gasteiger partial charge in [0.1, 0.15) is 0 Å². The predicted molar refractivity (Wildman–Crippen MR) is 39.7 cm³/mol. The fourth-order valence-corrected chi connectivity index (χ4v) is 0.726. The van der Waals surface area contributed by atoms with E-state index >= 15 is 0 Å². The number of carbonyl (C=O) groups is 1. The van der Waals surface area contributed by atoms with E-state index in [0.29, 0.717) is 6.42 Å². The number of hydrogen-bond donors (Lipinski definition) is 0. The van der Waals surface area contributed by atoms with Crippen molar-refractivity contribution in [2.24, 2.45) is 5.92 Å². The van der Waals surface area contributed by atoms with Gasteiger partial charge >= 0.3 is 5.92 Å². The lowest BCUT2D eigenvalue weighted by Crippen LogP contribution is -2.28. The molecule has 11 heavy (non-hydrogen) atoms. The van der Waals surface area contributed by atoms with Crippen LogP contribution in [-0.2, 0) is 4.79 Å². The Kier molecular flexibility index (Phi) is 3.63. The molecule has 0 saturated heterocycles. The van der Waals surface area contributed by atoms with Gasteiger partial charge in [0.2, 0.25) is 0 Å². The smallest absolute Gasteiger partial charge is 0.293 e. The molecule has 1 nitrogen and oxygen atoms in total. The molecule has 1 atom stereocenters. The summed E-state index contributed by atoms with van der Waals surface area (Å²) in [7, 11) is 0. The fourth-order valence-electron chi connectivity index (χ4n) is 0.726. The third-order valence-corrected chi connectivity index (χ3v) is 1.82. The van der Waals surface area contributed by atoms with E-state index in [1.807, 2.05) is 6.92 Å². The molecule has 0 aliphatic rings. The SMILES string of the molecule is CC[C@H](C)CC(F)(F)C(C)=O. The minimum Gasteiger partial charge on any atom is -0.293 e. The first-order chi connectivity index (χ1) is 4.90. The van der Waals surface area contributed by atoms with Gasteiger partial charge in [0.25, 0.3) is 0 Å². The van der Waals surface area contributed by atoms with Crippen molar-refractivity contribution in [2.75, 3.05) is 0 Å². The molecule has 0 aromatic rings. The molecule has 0 aliphatic heterocycles. The van der Waals surface area contributed by atoms with Crippen molar-refractivity contribution >= 4 is 5.78 Å². The maximum Gasteiger partial charge on any atom is 0.305 e. The van der Waals surface area contributed by atoms with Crippen molar-refractivity contribution in [3.63, 3.8) is 0 Å². The van der Waals surface area contributed by atoms with Gasteiger partial charge < -0.3 is 0 Å². The molecule has 0 bridgehead atoms. The van der Waals surface area contributed by atoms with Gasteiger partial charge in [-0.1, -0.05) is 20.3 Å². The third-order valence-electron chi connectivity index (χ3n) is 1.82. The number of ketones is 1. The highest BCUT2D eigenvalue weighted by molar-refractivity contribution is 5.82. The van der Waals surface area contributed by atoms with Crippen molar-refractivity contribution in [3.05, 3.63) is 0 Å². The zero-order valence-corrected chi connectivity index (χ0v) is 7.16. The lowest BCUT2D eigenvalue weighted by atomic mass is 9.98. The van der Waals surface area contributed by atoms with Crippen LogP contribution in [0.1, 0.15) is 33.6 Å². The summed E-state index contributed by atoms with van der Waals surface area (Å²) in [5, 5.41) is 0. The highest BCUT2D eigenvalue weighted by atomic mass is 19.3. The van der Waals surface area contributed by atoms with E-state index in [1.165, 1.54) is 0 Å². The summed E-state index contributed by atoms with van der Waals surface area (Å²) < 4.78 is 25.3. The molecule has 0 amide bonds. The zero-order valence-electron chi connectivity index (χ0n) is 7.16. The standard InChI is InChI=1S/C8H14F2O/c1-4-6(2)5-8(9,10)7(3)11/h6H,4-5H2,1-3H3/t6-/m0/s1. The first-order valence-electron chi connectivity index (χ1n) is 3.79. The van der Waals surface area contributed by atoms with Crippen molar-refractivity contribution in [3.8, 4) is 0 Å². The molecule has 0 heterocycles. The Morgan fingerprint density at radius 2 is 2.00 bits per heavy atom. The van der Waals surface area contributed by atoms with E-state index in [1.54, 1.807) is 6.92 Å². The van der Waals surface area contributed by atoms with Gasteiger partial charge in [-0.2, -0.15) is 8.78 Å². The number of carbonyl (C=O) groups excluding carboxylic acids is 1. The predicted octanol–water partition coefficient (Wildman–Crippen LogP) is 2.65. The first kappa shape index (κ1) is 10.5. The van der Waals surface area contributed by atoms with E-state index < -0.39 is 11.7 Å². The van der Waals surface area contributed by atoms with Crippen LogP contribution in [0.5, 0.6) is 0 Å². The Morgan fingerprint density at radius 1 is 1.55 bits per heavy atom. The van der Waals surface area contributed by atoms with Crippen LogP contribution in [0.15, 0.2) is 0 Å². The Morgan fingerprint density at radius 3 is 2.27 bits per heavy atom. The fraction of sp³-hybridized carbons (Fsp3) is 0.875. The average molecular weight is 164 g/mol. The van der Waals surface area contributed by atoms with Gasteiger partial charge in [0.15, 0.2) is 5.78 Å². The van der Waals surface area contributed by atoms with Crippen LogP contribution >= 0.6 is 0 Å². The van der Waals surface area contributed by atoms with Crippen LogP contribution in [0, 0.1) is 5.92 Å². The molecule has 0 spiro atoms. The van der Waals surface area contributed by atoms with Crippen LogP contribution in [-0.4, -0.2) is 11.7 Å². The number of alkyl halides is 2. The highest BCUT2D eigenvalue weighted by Gasteiger charge is 2.35. The molecule has 0 N–H and O–H groups in total. The Hall–Kier alpha value is -0.470. The van der Waals surface area contributed by atoms with Gasteiger partial charge in [-0.15, -0.1) is 0 Å². The van der Waals surface area contributed by atoms with Crippen molar-refractivity contribution in [1.29, 1.82) is 0 Å². The Bertz CT molecular complexity index is 143. The van der Waals surface area contributed by atoms with Gasteiger partial charge in [-0.3, -0.25) is 4.79 Å². The maximum absolute atomic E-state index is 12.6. The van der Waals surface area contributed by atoms with E-state index in [0.717, 1.165) is 6.92 Å². The van der Waals surface area contributed by atoms with E-state index in [4.69, 9.17) is 0 Å². The van der Waals surface area contributed by atoms with Gasteiger partial charge in [-0.25, -0.2) is 0 Å². The summed E-state index contributed by atoms with van der Waals surface area (Å²) >= 11 is 0. The van der Waals surface area contributed by atoms with Crippen molar-refractivity contribution in [2.45, 2.75) is 39.5 Å². The molecular formula is C8H14F2O. The Labute approximate surface area is 65.8 Å². The molecule has 0 rings (SSSR count). The lowest BCUT2D eigenvalue weighted by Gasteiger charge is -2.16. The van der Waals surface area contributed by atoms with E-state index in [2.05, 4.69) is 0 Å². The van der Waals surface area contributed by atoms with Crippen LogP contribution < -0.4 is 0 Å². The molecule has 0 fully saturated rings. The minimum atomic E-state index is -3.12. The van der Waals surface area contributed by atoms with Crippen molar-refractivity contribution in [1.82, 2.24) is 0 Å². The highest BCUT2D eigenvalue weighted by Crippen LogP contribution is 2.25. The molecular weight excluding hydrogens is 150 g/mol. The van der Waals surface area contributed by atoms with Crippen LogP contribution in [0.3, 0.4) is 0 Å². The monoisotopic (exact) mass is 164 g/mol. The molecule has 3 heteroatoms. The van der Waals surface area contributed by atoms with E-state index in [9.17, 15) is 13.6 Å². The second-order valence-electron chi connectivity index (χ2n) is 2.98. The quantitative estimate of drug-likeness (QED) is 0.624. The van der Waals surface area contributed by atoms with Crippen molar-refractivity contribution < 1.29 is 13.6 Å². The van der Waals surface area contributed by atoms with Crippen LogP contribution in [0.4, 0.5) is 8.78 Å². The summed E-state index contributed by atoms with van der Waals surface area (Å²) in [5.74, 6) is -4.23. The number of hydrogen-bond acceptors (Lipinski definition) is 1. The van der Waals surface area contributed by atoms with Crippen LogP contribution in [0.2, 0.25) is 0 Å². The minimum absolute atomic E-state index is 0.0890. The van der Waals surface area contributed by atoms with Gasteiger partial charge in [0, 0.05) is 13.3 Å². The largest absolute Gasteiger partial charge is 0.305 e. The summed E-state index contributed by atoms with van der Waals surface area (Å²) in [6.45, 7) is 4.49. The maximum atomic E-state index is 12.6. The topological polar surface area (TPSA) is 17.1 Å². The molecule has 0 aromatic heterocycles. The molecule has 0 unspecified atom stereocenters. The Balaban J connectivity index is 4.01.